The zero-order valence-electron chi connectivity index (χ0n) is 12.0. The maximum Gasteiger partial charge on any atom is 0.328 e. The summed E-state index contributed by atoms with van der Waals surface area (Å²) < 4.78 is 5.06. The number of amides is 1. The van der Waals surface area contributed by atoms with Gasteiger partial charge in [0.2, 0.25) is 0 Å². The molecule has 5 nitrogen and oxygen atoms in total. The summed E-state index contributed by atoms with van der Waals surface area (Å²) in [5.74, 6) is -0.403. The van der Waals surface area contributed by atoms with Gasteiger partial charge >= 0.3 is 5.97 Å². The van der Waals surface area contributed by atoms with Crippen molar-refractivity contribution in [1.82, 2.24) is 9.88 Å². The number of rotatable bonds is 3. The number of esters is 1. The summed E-state index contributed by atoms with van der Waals surface area (Å²) in [6.45, 7) is 2.72. The lowest BCUT2D eigenvalue weighted by Crippen LogP contribution is -2.41. The molecule has 0 radical (unpaired) electrons. The average Bonchev–Trinajstić information content (AvgIpc) is 3.14. The summed E-state index contributed by atoms with van der Waals surface area (Å²) in [6.07, 6.45) is 3.36. The number of carbonyl (C=O) groups excluding carboxylic acids is 2. The van der Waals surface area contributed by atoms with E-state index < -0.39 is 6.04 Å². The number of carbonyl (C=O) groups is 2. The van der Waals surface area contributed by atoms with Gasteiger partial charge in [0.25, 0.3) is 5.91 Å². The van der Waals surface area contributed by atoms with E-state index in [1.54, 1.807) is 17.9 Å². The van der Waals surface area contributed by atoms with Crippen molar-refractivity contribution in [3.05, 3.63) is 36.0 Å². The molecule has 0 saturated carbocycles. The highest BCUT2D eigenvalue weighted by Gasteiger charge is 2.35. The second kappa shape index (κ2) is 5.60. The van der Waals surface area contributed by atoms with Crippen LogP contribution in [0.1, 0.15) is 30.1 Å². The zero-order chi connectivity index (χ0) is 14.8. The number of nitrogens with one attached hydrogen (secondary N) is 1. The van der Waals surface area contributed by atoms with Crippen LogP contribution >= 0.6 is 0 Å². The molecule has 2 heterocycles. The predicted octanol–water partition coefficient (Wildman–Crippen LogP) is 2.34. The van der Waals surface area contributed by atoms with E-state index in [0.29, 0.717) is 25.1 Å². The van der Waals surface area contributed by atoms with Crippen molar-refractivity contribution in [2.45, 2.75) is 25.8 Å². The third kappa shape index (κ3) is 2.51. The predicted molar refractivity (Wildman–Crippen MR) is 79.0 cm³/mol. The summed E-state index contributed by atoms with van der Waals surface area (Å²) in [7, 11) is 0. The number of benzene rings is 1. The van der Waals surface area contributed by atoms with Gasteiger partial charge in [-0.15, -0.1) is 0 Å². The van der Waals surface area contributed by atoms with E-state index in [4.69, 9.17) is 4.74 Å². The van der Waals surface area contributed by atoms with Gasteiger partial charge in [-0.05, 0) is 44.0 Å². The molecule has 21 heavy (non-hydrogen) atoms. The molecule has 2 aromatic rings. The highest BCUT2D eigenvalue weighted by molar-refractivity contribution is 6.00. The topological polar surface area (TPSA) is 62.4 Å². The Morgan fingerprint density at radius 3 is 3.05 bits per heavy atom. The van der Waals surface area contributed by atoms with Crippen LogP contribution in [0.15, 0.2) is 30.5 Å². The van der Waals surface area contributed by atoms with E-state index in [2.05, 4.69) is 4.98 Å². The van der Waals surface area contributed by atoms with Gasteiger partial charge in [0.1, 0.15) is 6.04 Å². The van der Waals surface area contributed by atoms with Gasteiger partial charge in [0.05, 0.1) is 6.61 Å². The monoisotopic (exact) mass is 286 g/mol. The third-order valence-electron chi connectivity index (χ3n) is 3.87. The Bertz CT molecular complexity index is 677. The molecule has 110 valence electrons. The van der Waals surface area contributed by atoms with Crippen molar-refractivity contribution in [2.24, 2.45) is 0 Å². The molecule has 1 fully saturated rings. The summed E-state index contributed by atoms with van der Waals surface area (Å²) >= 11 is 0. The minimum atomic E-state index is -0.445. The first kappa shape index (κ1) is 13.7. The number of hydrogen-bond acceptors (Lipinski definition) is 3. The van der Waals surface area contributed by atoms with E-state index >= 15 is 0 Å². The fourth-order valence-electron chi connectivity index (χ4n) is 2.85. The van der Waals surface area contributed by atoms with Gasteiger partial charge in [-0.3, -0.25) is 4.79 Å². The highest BCUT2D eigenvalue weighted by Crippen LogP contribution is 2.23. The Kier molecular flexibility index (Phi) is 3.64. The van der Waals surface area contributed by atoms with Gasteiger partial charge in [0.15, 0.2) is 0 Å². The maximum absolute atomic E-state index is 12.6. The van der Waals surface area contributed by atoms with Crippen LogP contribution in [-0.4, -0.2) is 41.0 Å². The fraction of sp³-hybridized carbons (Fsp3) is 0.375. The van der Waals surface area contributed by atoms with Crippen LogP contribution in [0.3, 0.4) is 0 Å². The lowest BCUT2D eigenvalue weighted by molar-refractivity contribution is -0.147. The first-order valence-corrected chi connectivity index (χ1v) is 7.25. The fourth-order valence-corrected chi connectivity index (χ4v) is 2.85. The SMILES string of the molecule is CCOC(=O)C1CCCN1C(=O)c1ccc2[nH]ccc2c1. The Morgan fingerprint density at radius 2 is 2.24 bits per heavy atom. The molecule has 3 rings (SSSR count). The van der Waals surface area contributed by atoms with Crippen molar-refractivity contribution in [2.75, 3.05) is 13.2 Å². The van der Waals surface area contributed by atoms with Crippen LogP contribution in [0.2, 0.25) is 0 Å². The molecular formula is C16H18N2O3. The lowest BCUT2D eigenvalue weighted by Gasteiger charge is -2.23. The van der Waals surface area contributed by atoms with E-state index in [1.807, 2.05) is 24.4 Å². The summed E-state index contributed by atoms with van der Waals surface area (Å²) in [5, 5.41) is 0.993. The molecule has 1 saturated heterocycles. The number of aromatic nitrogens is 1. The van der Waals surface area contributed by atoms with Crippen LogP contribution in [0.4, 0.5) is 0 Å². The molecule has 0 bridgehead atoms. The van der Waals surface area contributed by atoms with Crippen molar-refractivity contribution in [3.63, 3.8) is 0 Å². The number of aromatic amines is 1. The molecule has 1 amide bonds. The molecule has 1 aromatic heterocycles. The van der Waals surface area contributed by atoms with Crippen LogP contribution in [0.5, 0.6) is 0 Å². The van der Waals surface area contributed by atoms with Crippen LogP contribution in [0, 0.1) is 0 Å². The van der Waals surface area contributed by atoms with Gasteiger partial charge in [0, 0.05) is 29.2 Å². The molecule has 0 aliphatic carbocycles. The van der Waals surface area contributed by atoms with Gasteiger partial charge < -0.3 is 14.6 Å². The Balaban J connectivity index is 1.84. The zero-order valence-corrected chi connectivity index (χ0v) is 12.0. The van der Waals surface area contributed by atoms with Crippen LogP contribution in [-0.2, 0) is 9.53 Å². The summed E-state index contributed by atoms with van der Waals surface area (Å²) in [5.41, 5.74) is 1.60. The van der Waals surface area contributed by atoms with Gasteiger partial charge in [-0.25, -0.2) is 4.79 Å². The first-order valence-electron chi connectivity index (χ1n) is 7.25. The second-order valence-electron chi connectivity index (χ2n) is 5.19. The van der Waals surface area contributed by atoms with Crippen LogP contribution in [0.25, 0.3) is 10.9 Å². The number of H-pyrrole nitrogens is 1. The highest BCUT2D eigenvalue weighted by atomic mass is 16.5. The van der Waals surface area contributed by atoms with E-state index in [1.165, 1.54) is 0 Å². The van der Waals surface area contributed by atoms with Crippen molar-refractivity contribution in [1.29, 1.82) is 0 Å². The number of hydrogen-bond donors (Lipinski definition) is 1. The lowest BCUT2D eigenvalue weighted by atomic mass is 10.1. The summed E-state index contributed by atoms with van der Waals surface area (Å²) in [4.78, 5) is 29.3. The molecule has 1 aliphatic rings. The Labute approximate surface area is 122 Å². The van der Waals surface area contributed by atoms with Crippen LogP contribution < -0.4 is 0 Å². The molecule has 1 atom stereocenters. The smallest absolute Gasteiger partial charge is 0.328 e. The molecule has 1 aromatic carbocycles. The summed E-state index contributed by atoms with van der Waals surface area (Å²) in [6, 6.07) is 7.02. The van der Waals surface area contributed by atoms with Gasteiger partial charge in [-0.1, -0.05) is 0 Å². The Morgan fingerprint density at radius 1 is 1.38 bits per heavy atom. The van der Waals surface area contributed by atoms with Gasteiger partial charge in [-0.2, -0.15) is 0 Å². The Hall–Kier alpha value is -2.30. The number of ether oxygens (including phenoxy) is 1. The molecule has 5 heteroatoms. The van der Waals surface area contributed by atoms with E-state index in [0.717, 1.165) is 17.3 Å². The maximum atomic E-state index is 12.6. The molecule has 1 N–H and O–H groups in total. The van der Waals surface area contributed by atoms with Crippen molar-refractivity contribution >= 4 is 22.8 Å². The molecule has 0 spiro atoms. The van der Waals surface area contributed by atoms with E-state index in [9.17, 15) is 9.59 Å². The average molecular weight is 286 g/mol. The minimum Gasteiger partial charge on any atom is -0.464 e. The van der Waals surface area contributed by atoms with Crippen molar-refractivity contribution < 1.29 is 14.3 Å². The largest absolute Gasteiger partial charge is 0.464 e. The standard InChI is InChI=1S/C16H18N2O3/c1-2-21-16(20)14-4-3-9-18(14)15(19)12-5-6-13-11(10-12)7-8-17-13/h5-8,10,14,17H,2-4,9H2,1H3. The number of fused-ring (bicyclic) bond motifs is 1. The molecule has 1 aliphatic heterocycles. The minimum absolute atomic E-state index is 0.103. The molecular weight excluding hydrogens is 268 g/mol. The second-order valence-corrected chi connectivity index (χ2v) is 5.19. The molecule has 1 unspecified atom stereocenters. The van der Waals surface area contributed by atoms with Crippen molar-refractivity contribution in [3.8, 4) is 0 Å². The van der Waals surface area contributed by atoms with E-state index in [-0.39, 0.29) is 11.9 Å². The third-order valence-corrected chi connectivity index (χ3v) is 3.87. The number of nitrogens with zero attached hydrogens (tertiary/aromatic N) is 1. The number of likely N-dealkylation sites (tertiary alicyclic amines) is 1. The normalized spacial score (nSPS) is 18.1. The first-order chi connectivity index (χ1) is 10.2. The quantitative estimate of drug-likeness (QED) is 0.881.